The Morgan fingerprint density at radius 2 is 2.14 bits per heavy atom. The van der Waals surface area contributed by atoms with Crippen molar-refractivity contribution in [1.29, 1.82) is 0 Å². The molecule has 6 nitrogen and oxygen atoms in total. The predicted octanol–water partition coefficient (Wildman–Crippen LogP) is -0.0379. The molecule has 0 amide bonds. The second-order valence-corrected chi connectivity index (χ2v) is 2.81. The molecule has 1 aromatic rings. The second kappa shape index (κ2) is 3.99. The summed E-state index contributed by atoms with van der Waals surface area (Å²) in [5, 5.41) is 7.33. The fourth-order valence-corrected chi connectivity index (χ4v) is 1.02. The van der Waals surface area contributed by atoms with E-state index in [2.05, 4.69) is 15.0 Å². The number of carbonyl (C=O) groups is 2. The average molecular weight is 197 g/mol. The summed E-state index contributed by atoms with van der Waals surface area (Å²) in [5.74, 6) is -0.591. The molecule has 0 radical (unpaired) electrons. The number of rotatable bonds is 3. The maximum Gasteiger partial charge on any atom is 0.327 e. The SMILES string of the molecule is COC(=O)Cn1nnc(C(C)=O)c1C. The molecule has 14 heavy (non-hydrogen) atoms. The van der Waals surface area contributed by atoms with Gasteiger partial charge in [-0.05, 0) is 6.92 Å². The number of aromatic nitrogens is 3. The van der Waals surface area contributed by atoms with Crippen LogP contribution in [0.3, 0.4) is 0 Å². The number of ketones is 1. The van der Waals surface area contributed by atoms with Gasteiger partial charge < -0.3 is 4.74 Å². The molecule has 0 fully saturated rings. The van der Waals surface area contributed by atoms with Crippen LogP contribution >= 0.6 is 0 Å². The first-order chi connectivity index (χ1) is 6.56. The molecule has 1 heterocycles. The van der Waals surface area contributed by atoms with Crippen molar-refractivity contribution in [2.24, 2.45) is 0 Å². The molecule has 76 valence electrons. The molecule has 0 atom stereocenters. The Hall–Kier alpha value is -1.72. The van der Waals surface area contributed by atoms with E-state index in [9.17, 15) is 9.59 Å². The summed E-state index contributed by atoms with van der Waals surface area (Å²) in [6.07, 6.45) is 0. The molecule has 0 spiro atoms. The minimum atomic E-state index is -0.423. The van der Waals surface area contributed by atoms with Crippen molar-refractivity contribution in [3.63, 3.8) is 0 Å². The van der Waals surface area contributed by atoms with Crippen molar-refractivity contribution in [2.75, 3.05) is 7.11 Å². The molecule has 0 aliphatic heterocycles. The van der Waals surface area contributed by atoms with Crippen molar-refractivity contribution in [3.05, 3.63) is 11.4 Å². The molecule has 6 heteroatoms. The smallest absolute Gasteiger partial charge is 0.327 e. The van der Waals surface area contributed by atoms with Gasteiger partial charge in [-0.3, -0.25) is 9.59 Å². The normalized spacial score (nSPS) is 9.93. The fraction of sp³-hybridized carbons (Fsp3) is 0.500. The van der Waals surface area contributed by atoms with Crippen molar-refractivity contribution in [2.45, 2.75) is 20.4 Å². The molecule has 0 aliphatic carbocycles. The lowest BCUT2D eigenvalue weighted by molar-refractivity contribution is -0.141. The topological polar surface area (TPSA) is 74.1 Å². The summed E-state index contributed by atoms with van der Waals surface area (Å²) in [5.41, 5.74) is 0.858. The summed E-state index contributed by atoms with van der Waals surface area (Å²) in [6.45, 7) is 3.06. The van der Waals surface area contributed by atoms with Crippen LogP contribution in [0.4, 0.5) is 0 Å². The Morgan fingerprint density at radius 3 is 2.57 bits per heavy atom. The first-order valence-corrected chi connectivity index (χ1v) is 4.04. The van der Waals surface area contributed by atoms with Crippen LogP contribution in [0.2, 0.25) is 0 Å². The van der Waals surface area contributed by atoms with Crippen LogP contribution in [-0.4, -0.2) is 33.9 Å². The van der Waals surface area contributed by atoms with Gasteiger partial charge in [-0.25, -0.2) is 4.68 Å². The highest BCUT2D eigenvalue weighted by Gasteiger charge is 2.14. The van der Waals surface area contributed by atoms with E-state index in [1.165, 1.54) is 18.7 Å². The van der Waals surface area contributed by atoms with E-state index in [4.69, 9.17) is 0 Å². The monoisotopic (exact) mass is 197 g/mol. The van der Waals surface area contributed by atoms with Gasteiger partial charge in [0, 0.05) is 6.92 Å². The Labute approximate surface area is 80.9 Å². The highest BCUT2D eigenvalue weighted by atomic mass is 16.5. The van der Waals surface area contributed by atoms with Crippen LogP contribution in [0.1, 0.15) is 23.1 Å². The van der Waals surface area contributed by atoms with Gasteiger partial charge in [0.25, 0.3) is 0 Å². The summed E-state index contributed by atoms with van der Waals surface area (Å²) < 4.78 is 5.80. The maximum absolute atomic E-state index is 11.0. The van der Waals surface area contributed by atoms with Gasteiger partial charge in [0.05, 0.1) is 12.8 Å². The molecular formula is C8H11N3O3. The number of ether oxygens (including phenoxy) is 1. The molecule has 0 aromatic carbocycles. The van der Waals surface area contributed by atoms with Crippen molar-refractivity contribution in [1.82, 2.24) is 15.0 Å². The minimum Gasteiger partial charge on any atom is -0.468 e. The van der Waals surface area contributed by atoms with Crippen LogP contribution < -0.4 is 0 Å². The van der Waals surface area contributed by atoms with Crippen molar-refractivity contribution in [3.8, 4) is 0 Å². The van der Waals surface area contributed by atoms with E-state index in [1.54, 1.807) is 6.92 Å². The third kappa shape index (κ3) is 1.95. The fourth-order valence-electron chi connectivity index (χ4n) is 1.02. The lowest BCUT2D eigenvalue weighted by atomic mass is 10.2. The third-order valence-corrected chi connectivity index (χ3v) is 1.82. The van der Waals surface area contributed by atoms with Gasteiger partial charge in [0.2, 0.25) is 0 Å². The highest BCUT2D eigenvalue weighted by Crippen LogP contribution is 2.04. The van der Waals surface area contributed by atoms with E-state index in [0.29, 0.717) is 5.69 Å². The van der Waals surface area contributed by atoms with Crippen LogP contribution in [-0.2, 0) is 16.1 Å². The molecule has 0 saturated carbocycles. The first kappa shape index (κ1) is 10.4. The van der Waals surface area contributed by atoms with E-state index >= 15 is 0 Å². The second-order valence-electron chi connectivity index (χ2n) is 2.81. The average Bonchev–Trinajstić information content (AvgIpc) is 2.48. The van der Waals surface area contributed by atoms with E-state index < -0.39 is 5.97 Å². The van der Waals surface area contributed by atoms with Gasteiger partial charge in [0.15, 0.2) is 11.5 Å². The van der Waals surface area contributed by atoms with Gasteiger partial charge in [-0.15, -0.1) is 5.10 Å². The zero-order valence-electron chi connectivity index (χ0n) is 8.27. The van der Waals surface area contributed by atoms with Gasteiger partial charge in [-0.1, -0.05) is 5.21 Å². The Balaban J connectivity index is 2.90. The Kier molecular flexibility index (Phi) is 2.95. The number of nitrogens with zero attached hydrogens (tertiary/aromatic N) is 3. The predicted molar refractivity (Wildman–Crippen MR) is 46.8 cm³/mol. The van der Waals surface area contributed by atoms with E-state index in [0.717, 1.165) is 0 Å². The lowest BCUT2D eigenvalue weighted by Crippen LogP contribution is -2.14. The molecule has 0 N–H and O–H groups in total. The first-order valence-electron chi connectivity index (χ1n) is 4.04. The zero-order chi connectivity index (χ0) is 10.7. The van der Waals surface area contributed by atoms with Crippen molar-refractivity contribution < 1.29 is 14.3 Å². The molecule has 0 aliphatic rings. The summed E-state index contributed by atoms with van der Waals surface area (Å²) in [6, 6.07) is 0. The molecule has 0 saturated heterocycles. The number of esters is 1. The molecule has 0 bridgehead atoms. The van der Waals surface area contributed by atoms with Crippen LogP contribution in [0.5, 0.6) is 0 Å². The van der Waals surface area contributed by atoms with Gasteiger partial charge in [0.1, 0.15) is 6.54 Å². The number of Topliss-reactive ketones (excluding diaryl/α,β-unsaturated/α-hetero) is 1. The maximum atomic E-state index is 11.0. The van der Waals surface area contributed by atoms with Crippen LogP contribution in [0.25, 0.3) is 0 Å². The van der Waals surface area contributed by atoms with Crippen LogP contribution in [0, 0.1) is 6.92 Å². The van der Waals surface area contributed by atoms with Gasteiger partial charge >= 0.3 is 5.97 Å². The molecular weight excluding hydrogens is 186 g/mol. The summed E-state index contributed by atoms with van der Waals surface area (Å²) >= 11 is 0. The number of methoxy groups -OCH3 is 1. The standard InChI is InChI=1S/C8H11N3O3/c1-5-8(6(2)12)9-10-11(5)4-7(13)14-3/h4H2,1-3H3. The molecule has 1 rings (SSSR count). The minimum absolute atomic E-state index is 0.0252. The largest absolute Gasteiger partial charge is 0.468 e. The summed E-state index contributed by atoms with van der Waals surface area (Å²) in [4.78, 5) is 21.9. The number of hydrogen-bond donors (Lipinski definition) is 0. The zero-order valence-corrected chi connectivity index (χ0v) is 8.27. The third-order valence-electron chi connectivity index (χ3n) is 1.82. The molecule has 1 aromatic heterocycles. The van der Waals surface area contributed by atoms with Crippen molar-refractivity contribution >= 4 is 11.8 Å². The summed E-state index contributed by atoms with van der Waals surface area (Å²) in [7, 11) is 1.29. The molecule has 0 unspecified atom stereocenters. The highest BCUT2D eigenvalue weighted by molar-refractivity contribution is 5.93. The van der Waals surface area contributed by atoms with E-state index in [-0.39, 0.29) is 18.0 Å². The lowest BCUT2D eigenvalue weighted by Gasteiger charge is -2.00. The van der Waals surface area contributed by atoms with Crippen LogP contribution in [0.15, 0.2) is 0 Å². The Bertz CT molecular complexity index is 370. The van der Waals surface area contributed by atoms with Gasteiger partial charge in [-0.2, -0.15) is 0 Å². The number of carbonyl (C=O) groups excluding carboxylic acids is 2. The number of hydrogen-bond acceptors (Lipinski definition) is 5. The van der Waals surface area contributed by atoms with E-state index in [1.807, 2.05) is 0 Å². The quantitative estimate of drug-likeness (QED) is 0.502. The Morgan fingerprint density at radius 1 is 1.50 bits per heavy atom.